The van der Waals surface area contributed by atoms with E-state index < -0.39 is 0 Å². The molecule has 24 heavy (non-hydrogen) atoms. The Balaban J connectivity index is 1.50. The van der Waals surface area contributed by atoms with Crippen LogP contribution >= 0.6 is 0 Å². The Bertz CT molecular complexity index is 711. The molecule has 1 aliphatic heterocycles. The van der Waals surface area contributed by atoms with Crippen LogP contribution in [0, 0.1) is 6.92 Å². The second kappa shape index (κ2) is 7.49. The summed E-state index contributed by atoms with van der Waals surface area (Å²) in [4.78, 5) is 14.3. The number of hydrogen-bond donors (Lipinski definition) is 2. The maximum absolute atomic E-state index is 12.6. The first-order valence-electron chi connectivity index (χ1n) is 8.37. The molecule has 2 N–H and O–H groups in total. The van der Waals surface area contributed by atoms with Gasteiger partial charge in [-0.1, -0.05) is 18.2 Å². The lowest BCUT2D eigenvalue weighted by molar-refractivity contribution is 0.0780. The van der Waals surface area contributed by atoms with Crippen LogP contribution in [0.3, 0.4) is 0 Å². The minimum Gasteiger partial charge on any atom is -0.493 e. The number of amides is 1. The number of benzene rings is 1. The predicted molar refractivity (Wildman–Crippen MR) is 92.2 cm³/mol. The average molecular weight is 328 g/mol. The van der Waals surface area contributed by atoms with Gasteiger partial charge in [0.15, 0.2) is 5.69 Å². The van der Waals surface area contributed by atoms with Crippen molar-refractivity contribution >= 4 is 5.91 Å². The number of nitrogens with one attached hydrogen (secondary N) is 2. The highest BCUT2D eigenvalue weighted by atomic mass is 16.5. The van der Waals surface area contributed by atoms with Gasteiger partial charge in [0.2, 0.25) is 0 Å². The zero-order valence-corrected chi connectivity index (χ0v) is 14.3. The molecule has 2 aromatic rings. The van der Waals surface area contributed by atoms with E-state index in [1.165, 1.54) is 0 Å². The summed E-state index contributed by atoms with van der Waals surface area (Å²) in [6.45, 7) is 4.88. The van der Waals surface area contributed by atoms with Gasteiger partial charge in [0.25, 0.3) is 5.91 Å². The summed E-state index contributed by atoms with van der Waals surface area (Å²) in [7, 11) is 1.81. The Labute approximate surface area is 142 Å². The van der Waals surface area contributed by atoms with Gasteiger partial charge in [0, 0.05) is 44.4 Å². The monoisotopic (exact) mass is 328 g/mol. The van der Waals surface area contributed by atoms with Gasteiger partial charge in [0.1, 0.15) is 5.75 Å². The Morgan fingerprint density at radius 2 is 2.21 bits per heavy atom. The fourth-order valence-corrected chi connectivity index (χ4v) is 2.89. The van der Waals surface area contributed by atoms with Gasteiger partial charge in [-0.25, -0.2) is 0 Å². The zero-order valence-electron chi connectivity index (χ0n) is 14.3. The molecule has 0 spiro atoms. The number of rotatable bonds is 6. The van der Waals surface area contributed by atoms with Crippen LogP contribution in [0.4, 0.5) is 0 Å². The first-order chi connectivity index (χ1) is 11.7. The van der Waals surface area contributed by atoms with Crippen molar-refractivity contribution < 1.29 is 9.53 Å². The Morgan fingerprint density at radius 3 is 3.04 bits per heavy atom. The number of fused-ring (bicyclic) bond motifs is 1. The first kappa shape index (κ1) is 16.5. The molecule has 128 valence electrons. The molecule has 1 amide bonds. The van der Waals surface area contributed by atoms with Crippen LogP contribution in [0.2, 0.25) is 0 Å². The molecular weight excluding hydrogens is 304 g/mol. The quantitative estimate of drug-likeness (QED) is 0.795. The fourth-order valence-electron chi connectivity index (χ4n) is 2.89. The van der Waals surface area contributed by atoms with Gasteiger partial charge in [-0.2, -0.15) is 5.10 Å². The number of H-pyrrole nitrogens is 1. The van der Waals surface area contributed by atoms with E-state index in [1.807, 2.05) is 38.2 Å². The molecule has 0 saturated heterocycles. The average Bonchev–Trinajstić information content (AvgIpc) is 3.03. The number of para-hydroxylation sites is 1. The van der Waals surface area contributed by atoms with Crippen LogP contribution < -0.4 is 10.1 Å². The molecule has 0 aliphatic carbocycles. The van der Waals surface area contributed by atoms with Crippen molar-refractivity contribution in [2.75, 3.05) is 26.7 Å². The molecular formula is C18H24N4O2. The van der Waals surface area contributed by atoms with Crippen LogP contribution in [0.1, 0.15) is 33.7 Å². The molecule has 6 heteroatoms. The lowest BCUT2D eigenvalue weighted by Gasteiger charge is -2.18. The van der Waals surface area contributed by atoms with Gasteiger partial charge >= 0.3 is 0 Å². The summed E-state index contributed by atoms with van der Waals surface area (Å²) in [5, 5.41) is 10.5. The third kappa shape index (κ3) is 3.59. The maximum atomic E-state index is 12.6. The van der Waals surface area contributed by atoms with Crippen molar-refractivity contribution in [2.24, 2.45) is 0 Å². The molecule has 0 unspecified atom stereocenters. The minimum absolute atomic E-state index is 0.0351. The van der Waals surface area contributed by atoms with Crippen LogP contribution in [-0.4, -0.2) is 47.7 Å². The third-order valence-electron chi connectivity index (χ3n) is 4.34. The lowest BCUT2D eigenvalue weighted by atomic mass is 10.1. The van der Waals surface area contributed by atoms with Crippen LogP contribution in [0.15, 0.2) is 24.3 Å². The molecule has 0 fully saturated rings. The summed E-state index contributed by atoms with van der Waals surface area (Å²) in [5.41, 5.74) is 3.75. The standard InChI is InChI=1S/C18H24N4O2/c1-13-6-3-4-7-16(13)24-11-5-10-22(2)18(23)17-14-12-19-9-8-15(14)20-21-17/h3-4,6-7,19H,5,8-12H2,1-2H3,(H,20,21). The summed E-state index contributed by atoms with van der Waals surface area (Å²) >= 11 is 0. The minimum atomic E-state index is -0.0351. The van der Waals surface area contributed by atoms with Crippen LogP contribution in [0.5, 0.6) is 5.75 Å². The van der Waals surface area contributed by atoms with Crippen LogP contribution in [0.25, 0.3) is 0 Å². The Hall–Kier alpha value is -2.34. The van der Waals surface area contributed by atoms with Crippen molar-refractivity contribution in [3.05, 3.63) is 46.8 Å². The van der Waals surface area contributed by atoms with Gasteiger partial charge in [0.05, 0.1) is 6.61 Å². The van der Waals surface area contributed by atoms with Crippen molar-refractivity contribution in [1.82, 2.24) is 20.4 Å². The highest BCUT2D eigenvalue weighted by Gasteiger charge is 2.23. The first-order valence-corrected chi connectivity index (χ1v) is 8.37. The van der Waals surface area contributed by atoms with Crippen molar-refractivity contribution in [3.63, 3.8) is 0 Å². The summed E-state index contributed by atoms with van der Waals surface area (Å²) in [6.07, 6.45) is 1.67. The Kier molecular flexibility index (Phi) is 5.15. The van der Waals surface area contributed by atoms with E-state index in [0.29, 0.717) is 25.4 Å². The number of aryl methyl sites for hydroxylation is 1. The largest absolute Gasteiger partial charge is 0.493 e. The van der Waals surface area contributed by atoms with E-state index >= 15 is 0 Å². The molecule has 0 saturated carbocycles. The number of aromatic amines is 1. The smallest absolute Gasteiger partial charge is 0.274 e. The van der Waals surface area contributed by atoms with E-state index in [2.05, 4.69) is 15.5 Å². The summed E-state index contributed by atoms with van der Waals surface area (Å²) < 4.78 is 5.78. The SMILES string of the molecule is Cc1ccccc1OCCCN(C)C(=O)c1n[nH]c2c1CNCC2. The number of hydrogen-bond acceptors (Lipinski definition) is 4. The highest BCUT2D eigenvalue weighted by molar-refractivity contribution is 5.93. The van der Waals surface area contributed by atoms with Crippen molar-refractivity contribution in [2.45, 2.75) is 26.3 Å². The third-order valence-corrected chi connectivity index (χ3v) is 4.34. The van der Waals surface area contributed by atoms with Gasteiger partial charge in [-0.05, 0) is 25.0 Å². The molecule has 1 aromatic carbocycles. The predicted octanol–water partition coefficient (Wildman–Crippen LogP) is 1.90. The Morgan fingerprint density at radius 1 is 1.38 bits per heavy atom. The normalized spacial score (nSPS) is 13.4. The van der Waals surface area contributed by atoms with Crippen molar-refractivity contribution in [1.29, 1.82) is 0 Å². The number of carbonyl (C=O) groups excluding carboxylic acids is 1. The second-order valence-electron chi connectivity index (χ2n) is 6.15. The van der Waals surface area contributed by atoms with Crippen LogP contribution in [-0.2, 0) is 13.0 Å². The molecule has 6 nitrogen and oxygen atoms in total. The van der Waals surface area contributed by atoms with Gasteiger partial charge in [-0.3, -0.25) is 9.89 Å². The number of aromatic nitrogens is 2. The molecule has 1 aliphatic rings. The molecule has 2 heterocycles. The van der Waals surface area contributed by atoms with E-state index in [4.69, 9.17) is 4.74 Å². The maximum Gasteiger partial charge on any atom is 0.274 e. The summed E-state index contributed by atoms with van der Waals surface area (Å²) in [5.74, 6) is 0.867. The highest BCUT2D eigenvalue weighted by Crippen LogP contribution is 2.18. The molecule has 1 aromatic heterocycles. The zero-order chi connectivity index (χ0) is 16.9. The lowest BCUT2D eigenvalue weighted by Crippen LogP contribution is -2.31. The molecule has 0 atom stereocenters. The topological polar surface area (TPSA) is 70.2 Å². The fraction of sp³-hybridized carbons (Fsp3) is 0.444. The number of carbonyl (C=O) groups is 1. The summed E-state index contributed by atoms with van der Waals surface area (Å²) in [6, 6.07) is 7.95. The van der Waals surface area contributed by atoms with Gasteiger partial charge < -0.3 is 15.0 Å². The molecule has 3 rings (SSSR count). The molecule has 0 radical (unpaired) electrons. The molecule has 0 bridgehead atoms. The van der Waals surface area contributed by atoms with E-state index in [0.717, 1.165) is 42.0 Å². The van der Waals surface area contributed by atoms with Crippen molar-refractivity contribution in [3.8, 4) is 5.75 Å². The second-order valence-corrected chi connectivity index (χ2v) is 6.15. The van der Waals surface area contributed by atoms with E-state index in [1.54, 1.807) is 4.90 Å². The number of ether oxygens (including phenoxy) is 1. The van der Waals surface area contributed by atoms with E-state index in [9.17, 15) is 4.79 Å². The van der Waals surface area contributed by atoms with E-state index in [-0.39, 0.29) is 5.91 Å². The number of nitrogens with zero attached hydrogens (tertiary/aromatic N) is 2. The van der Waals surface area contributed by atoms with Gasteiger partial charge in [-0.15, -0.1) is 0 Å².